The van der Waals surface area contributed by atoms with Gasteiger partial charge in [0.1, 0.15) is 6.79 Å². The van der Waals surface area contributed by atoms with E-state index in [9.17, 15) is 5.11 Å². The predicted octanol–water partition coefficient (Wildman–Crippen LogP) is 5.42. The zero-order chi connectivity index (χ0) is 21.4. The fraction of sp³-hybridized carbons (Fsp3) is 1.00. The van der Waals surface area contributed by atoms with Crippen LogP contribution in [0.1, 0.15) is 85.0 Å². The molecule has 0 bridgehead atoms. The summed E-state index contributed by atoms with van der Waals surface area (Å²) >= 11 is 0. The van der Waals surface area contributed by atoms with Gasteiger partial charge in [0.05, 0.1) is 12.2 Å². The van der Waals surface area contributed by atoms with E-state index in [1.807, 2.05) is 0 Å². The number of fused-ring (bicyclic) bond motifs is 5. The van der Waals surface area contributed by atoms with Crippen LogP contribution in [0.25, 0.3) is 0 Å². The topological polar surface area (TPSA) is 47.9 Å². The molecule has 30 heavy (non-hydrogen) atoms. The van der Waals surface area contributed by atoms with Crippen molar-refractivity contribution in [1.29, 1.82) is 0 Å². The number of hydrogen-bond acceptors (Lipinski definition) is 4. The van der Waals surface area contributed by atoms with E-state index >= 15 is 0 Å². The van der Waals surface area contributed by atoms with Crippen LogP contribution in [0.4, 0.5) is 0 Å². The molecule has 4 aliphatic rings. The molecule has 0 aromatic rings. The van der Waals surface area contributed by atoms with Gasteiger partial charge in [0, 0.05) is 20.3 Å². The molecule has 4 fully saturated rings. The van der Waals surface area contributed by atoms with Crippen molar-refractivity contribution >= 4 is 0 Å². The van der Waals surface area contributed by atoms with E-state index in [4.69, 9.17) is 14.2 Å². The molecular weight excluding hydrogens is 376 g/mol. The average Bonchev–Trinajstić information content (AvgIpc) is 3.07. The molecule has 0 aromatic heterocycles. The third-order valence-electron chi connectivity index (χ3n) is 10.2. The molecule has 0 aliphatic heterocycles. The highest BCUT2D eigenvalue weighted by atomic mass is 16.7. The van der Waals surface area contributed by atoms with Crippen molar-refractivity contribution in [2.45, 2.75) is 97.2 Å². The molecule has 4 aliphatic carbocycles. The minimum absolute atomic E-state index is 0.174. The number of ether oxygens (including phenoxy) is 3. The predicted molar refractivity (Wildman–Crippen MR) is 119 cm³/mol. The van der Waals surface area contributed by atoms with Crippen LogP contribution in [0.15, 0.2) is 0 Å². The summed E-state index contributed by atoms with van der Waals surface area (Å²) < 4.78 is 17.2. The minimum Gasteiger partial charge on any atom is -0.393 e. The summed E-state index contributed by atoms with van der Waals surface area (Å²) in [6.07, 6.45) is 12.1. The lowest BCUT2D eigenvalue weighted by Crippen LogP contribution is -2.58. The first-order valence-electron chi connectivity index (χ1n) is 12.8. The highest BCUT2D eigenvalue weighted by Gasteiger charge is 2.62. The SMILES string of the molecule is CCCCOC[C@H]1CC[C@H]2[C@@H]3CC(O)[C@H]4C[C@@H](OCOC)CC[C@]4(C)[C@H]3CC[C@]12C. The Morgan fingerprint density at radius 1 is 0.933 bits per heavy atom. The van der Waals surface area contributed by atoms with Gasteiger partial charge in [0.15, 0.2) is 0 Å². The van der Waals surface area contributed by atoms with Crippen LogP contribution in [-0.4, -0.2) is 44.4 Å². The van der Waals surface area contributed by atoms with E-state index in [0.717, 1.165) is 44.3 Å². The Balaban J connectivity index is 1.45. The first-order chi connectivity index (χ1) is 14.4. The fourth-order valence-corrected chi connectivity index (χ4v) is 8.43. The van der Waals surface area contributed by atoms with E-state index in [-0.39, 0.29) is 17.6 Å². The normalized spacial score (nSPS) is 48.1. The number of aliphatic hydroxyl groups excluding tert-OH is 1. The average molecular weight is 423 g/mol. The summed E-state index contributed by atoms with van der Waals surface area (Å²) in [5.41, 5.74) is 0.682. The lowest BCUT2D eigenvalue weighted by atomic mass is 9.44. The Hall–Kier alpha value is -0.160. The summed E-state index contributed by atoms with van der Waals surface area (Å²) in [4.78, 5) is 0. The van der Waals surface area contributed by atoms with Gasteiger partial charge in [-0.05, 0) is 98.2 Å². The number of unbranched alkanes of at least 4 members (excludes halogenated alkanes) is 1. The molecule has 9 atom stereocenters. The molecule has 0 heterocycles. The van der Waals surface area contributed by atoms with Crippen LogP contribution >= 0.6 is 0 Å². The lowest BCUT2D eigenvalue weighted by molar-refractivity contribution is -0.187. The molecular formula is C26H46O4. The highest BCUT2D eigenvalue weighted by Crippen LogP contribution is 2.67. The van der Waals surface area contributed by atoms with Gasteiger partial charge in [0.25, 0.3) is 0 Å². The maximum atomic E-state index is 11.3. The Labute approximate surface area is 184 Å². The zero-order valence-corrected chi connectivity index (χ0v) is 19.9. The molecule has 4 saturated carbocycles. The van der Waals surface area contributed by atoms with Gasteiger partial charge in [-0.15, -0.1) is 0 Å². The maximum absolute atomic E-state index is 11.3. The van der Waals surface area contributed by atoms with Gasteiger partial charge in [-0.2, -0.15) is 0 Å². The summed E-state index contributed by atoms with van der Waals surface area (Å²) in [6, 6.07) is 0. The van der Waals surface area contributed by atoms with Crippen LogP contribution in [-0.2, 0) is 14.2 Å². The molecule has 4 heteroatoms. The number of hydrogen-bond donors (Lipinski definition) is 1. The molecule has 0 radical (unpaired) electrons. The van der Waals surface area contributed by atoms with Crippen molar-refractivity contribution < 1.29 is 19.3 Å². The summed E-state index contributed by atoms with van der Waals surface area (Å²) in [7, 11) is 1.69. The first-order valence-corrected chi connectivity index (χ1v) is 12.8. The smallest absolute Gasteiger partial charge is 0.146 e. The van der Waals surface area contributed by atoms with Gasteiger partial charge in [0.2, 0.25) is 0 Å². The number of rotatable bonds is 8. The van der Waals surface area contributed by atoms with E-state index in [1.54, 1.807) is 7.11 Å². The molecule has 4 rings (SSSR count). The van der Waals surface area contributed by atoms with Crippen LogP contribution in [0.5, 0.6) is 0 Å². The van der Waals surface area contributed by atoms with Crippen molar-refractivity contribution in [2.75, 3.05) is 27.1 Å². The molecule has 0 spiro atoms. The maximum Gasteiger partial charge on any atom is 0.146 e. The van der Waals surface area contributed by atoms with E-state index < -0.39 is 0 Å². The third kappa shape index (κ3) is 4.00. The van der Waals surface area contributed by atoms with Gasteiger partial charge >= 0.3 is 0 Å². The summed E-state index contributed by atoms with van der Waals surface area (Å²) in [5.74, 6) is 3.32. The van der Waals surface area contributed by atoms with Gasteiger partial charge in [-0.25, -0.2) is 0 Å². The highest BCUT2D eigenvalue weighted by molar-refractivity contribution is 5.11. The molecule has 1 unspecified atom stereocenters. The largest absolute Gasteiger partial charge is 0.393 e. The Bertz CT molecular complexity index is 567. The van der Waals surface area contributed by atoms with E-state index in [2.05, 4.69) is 20.8 Å². The number of aliphatic hydroxyl groups is 1. The molecule has 174 valence electrons. The fourth-order valence-electron chi connectivity index (χ4n) is 8.43. The Morgan fingerprint density at radius 3 is 2.47 bits per heavy atom. The van der Waals surface area contributed by atoms with Crippen molar-refractivity contribution in [1.82, 2.24) is 0 Å². The number of methoxy groups -OCH3 is 1. The Kier molecular flexibility index (Phi) is 7.19. The quantitative estimate of drug-likeness (QED) is 0.419. The van der Waals surface area contributed by atoms with Crippen molar-refractivity contribution in [3.63, 3.8) is 0 Å². The molecule has 0 amide bonds. The standard InChI is InChI=1S/C26H46O4/c1-5-6-13-29-16-18-7-8-21-20-15-24(27)23-14-19(30-17-28-4)9-11-26(23,3)22(20)10-12-25(18,21)2/h18-24,27H,5-17H2,1-4H3/t18-,19+,20+,21+,22+,23-,24?,25-,26-/m1/s1. The second-order valence-electron chi connectivity index (χ2n) is 11.5. The lowest BCUT2D eigenvalue weighted by Gasteiger charge is -2.62. The molecule has 0 saturated heterocycles. The molecule has 4 nitrogen and oxygen atoms in total. The first kappa shape index (κ1) is 23.0. The second kappa shape index (κ2) is 9.37. The zero-order valence-electron chi connectivity index (χ0n) is 19.9. The van der Waals surface area contributed by atoms with Gasteiger partial charge < -0.3 is 19.3 Å². The van der Waals surface area contributed by atoms with E-state index in [0.29, 0.717) is 30.0 Å². The van der Waals surface area contributed by atoms with Crippen LogP contribution < -0.4 is 0 Å². The van der Waals surface area contributed by atoms with Crippen molar-refractivity contribution in [3.05, 3.63) is 0 Å². The second-order valence-corrected chi connectivity index (χ2v) is 11.5. The Morgan fingerprint density at radius 2 is 1.70 bits per heavy atom. The van der Waals surface area contributed by atoms with Gasteiger partial charge in [-0.3, -0.25) is 0 Å². The van der Waals surface area contributed by atoms with Crippen molar-refractivity contribution in [3.8, 4) is 0 Å². The minimum atomic E-state index is -0.174. The van der Waals surface area contributed by atoms with Crippen LogP contribution in [0, 0.1) is 40.4 Å². The van der Waals surface area contributed by atoms with Gasteiger partial charge in [-0.1, -0.05) is 27.2 Å². The summed E-state index contributed by atoms with van der Waals surface area (Å²) in [5, 5.41) is 11.3. The van der Waals surface area contributed by atoms with E-state index in [1.165, 1.54) is 44.9 Å². The van der Waals surface area contributed by atoms with Crippen molar-refractivity contribution in [2.24, 2.45) is 40.4 Å². The third-order valence-corrected chi connectivity index (χ3v) is 10.2. The summed E-state index contributed by atoms with van der Waals surface area (Å²) in [6.45, 7) is 9.55. The molecule has 0 aromatic carbocycles. The van der Waals surface area contributed by atoms with Crippen LogP contribution in [0.2, 0.25) is 0 Å². The monoisotopic (exact) mass is 422 g/mol. The van der Waals surface area contributed by atoms with Crippen LogP contribution in [0.3, 0.4) is 0 Å². The molecule has 1 N–H and O–H groups in total.